The number of aliphatic carboxylic acids is 1. The number of imide groups is 1. The van der Waals surface area contributed by atoms with Crippen molar-refractivity contribution in [3.05, 3.63) is 0 Å². The van der Waals surface area contributed by atoms with Gasteiger partial charge in [0.1, 0.15) is 19.1 Å². The number of likely N-dealkylation sites (N-methyl/N-ethyl adjacent to an activating group) is 1. The third-order valence-corrected chi connectivity index (χ3v) is 2.58. The lowest BCUT2D eigenvalue weighted by molar-refractivity contribution is -0.142. The summed E-state index contributed by atoms with van der Waals surface area (Å²) >= 11 is 0. The number of carboxylic acid groups (broad SMARTS) is 1. The Bertz CT molecular complexity index is 410. The summed E-state index contributed by atoms with van der Waals surface area (Å²) in [5.41, 5.74) is 0. The van der Waals surface area contributed by atoms with Crippen molar-refractivity contribution in [2.24, 2.45) is 0 Å². The monoisotopic (exact) mass is 273 g/mol. The molecule has 0 aliphatic carbocycles. The lowest BCUT2D eigenvalue weighted by Gasteiger charge is -2.17. The Labute approximate surface area is 108 Å². The first-order valence-corrected chi connectivity index (χ1v) is 5.55. The van der Waals surface area contributed by atoms with Crippen molar-refractivity contribution in [2.75, 3.05) is 26.7 Å². The number of aliphatic hydroxyl groups is 1. The van der Waals surface area contributed by atoms with Crippen molar-refractivity contribution in [3.63, 3.8) is 0 Å². The smallest absolute Gasteiger partial charge is 0.327 e. The van der Waals surface area contributed by atoms with Crippen LogP contribution in [-0.2, 0) is 14.4 Å². The summed E-state index contributed by atoms with van der Waals surface area (Å²) in [6, 6.07) is -1.85. The normalized spacial score (nSPS) is 16.7. The highest BCUT2D eigenvalue weighted by molar-refractivity contribution is 6.04. The molecular formula is C10H15N3O6. The number of carboxylic acids is 1. The zero-order valence-electron chi connectivity index (χ0n) is 10.3. The number of nitrogens with zero attached hydrogens (tertiary/aromatic N) is 2. The number of amides is 4. The molecule has 0 unspecified atom stereocenters. The van der Waals surface area contributed by atoms with E-state index in [1.807, 2.05) is 0 Å². The van der Waals surface area contributed by atoms with Crippen LogP contribution in [0.4, 0.5) is 4.79 Å². The second-order valence-electron chi connectivity index (χ2n) is 4.09. The van der Waals surface area contributed by atoms with Crippen molar-refractivity contribution in [1.29, 1.82) is 0 Å². The van der Waals surface area contributed by atoms with Gasteiger partial charge in [0.15, 0.2) is 0 Å². The molecule has 1 aliphatic rings. The van der Waals surface area contributed by atoms with Gasteiger partial charge in [0.05, 0.1) is 0 Å². The lowest BCUT2D eigenvalue weighted by Crippen LogP contribution is -2.47. The van der Waals surface area contributed by atoms with Crippen molar-refractivity contribution in [3.8, 4) is 0 Å². The van der Waals surface area contributed by atoms with Gasteiger partial charge in [-0.1, -0.05) is 0 Å². The van der Waals surface area contributed by atoms with Crippen molar-refractivity contribution in [2.45, 2.75) is 12.5 Å². The van der Waals surface area contributed by atoms with Gasteiger partial charge in [-0.05, 0) is 0 Å². The Kier molecular flexibility index (Phi) is 4.81. The Hall–Kier alpha value is -2.16. The summed E-state index contributed by atoms with van der Waals surface area (Å²) in [4.78, 5) is 47.1. The average molecular weight is 273 g/mol. The van der Waals surface area contributed by atoms with Crippen LogP contribution >= 0.6 is 0 Å². The Balaban J connectivity index is 2.57. The minimum Gasteiger partial charge on any atom is -0.480 e. The molecule has 1 atom stereocenters. The topological polar surface area (TPSA) is 127 Å². The third kappa shape index (κ3) is 3.65. The van der Waals surface area contributed by atoms with Crippen LogP contribution in [0.5, 0.6) is 0 Å². The van der Waals surface area contributed by atoms with Crippen molar-refractivity contribution >= 4 is 23.8 Å². The summed E-state index contributed by atoms with van der Waals surface area (Å²) < 4.78 is 0. The van der Waals surface area contributed by atoms with Gasteiger partial charge in [-0.3, -0.25) is 14.5 Å². The number of hydrogen-bond acceptors (Lipinski definition) is 5. The van der Waals surface area contributed by atoms with E-state index in [1.54, 1.807) is 0 Å². The molecule has 9 nitrogen and oxygen atoms in total. The molecule has 3 N–H and O–H groups in total. The number of carbonyl (C=O) groups is 4. The quantitative estimate of drug-likeness (QED) is 0.473. The molecule has 1 saturated heterocycles. The lowest BCUT2D eigenvalue weighted by atomic mass is 10.2. The van der Waals surface area contributed by atoms with E-state index in [4.69, 9.17) is 10.2 Å². The number of urea groups is 1. The Morgan fingerprint density at radius 1 is 1.42 bits per heavy atom. The van der Waals surface area contributed by atoms with E-state index in [1.165, 1.54) is 7.05 Å². The number of hydrogen-bond donors (Lipinski definition) is 3. The van der Waals surface area contributed by atoms with Gasteiger partial charge in [0.25, 0.3) is 5.91 Å². The molecule has 0 aromatic rings. The van der Waals surface area contributed by atoms with Gasteiger partial charge in [-0.15, -0.1) is 0 Å². The summed E-state index contributed by atoms with van der Waals surface area (Å²) in [7, 11) is 1.42. The number of carbonyl (C=O) groups excluding carboxylic acids is 3. The van der Waals surface area contributed by atoms with Crippen molar-refractivity contribution < 1.29 is 29.4 Å². The van der Waals surface area contributed by atoms with E-state index in [0.717, 1.165) is 9.80 Å². The number of nitrogens with one attached hydrogen (secondary N) is 1. The number of aliphatic hydroxyl groups excluding tert-OH is 1. The maximum Gasteiger partial charge on any atom is 0.327 e. The third-order valence-electron chi connectivity index (χ3n) is 2.58. The molecule has 19 heavy (non-hydrogen) atoms. The highest BCUT2D eigenvalue weighted by Crippen LogP contribution is 2.07. The fourth-order valence-electron chi connectivity index (χ4n) is 1.59. The molecule has 1 fully saturated rings. The SMILES string of the molecule is CN1CC(=O)N(CC(=O)N[C@H](CCO)C(=O)O)C1=O. The molecule has 1 rings (SSSR count). The predicted octanol–water partition coefficient (Wildman–Crippen LogP) is -2.17. The molecule has 0 radical (unpaired) electrons. The van der Waals surface area contributed by atoms with Gasteiger partial charge in [0.2, 0.25) is 5.91 Å². The molecule has 9 heteroatoms. The Morgan fingerprint density at radius 2 is 2.05 bits per heavy atom. The van der Waals surface area contributed by atoms with Crippen molar-refractivity contribution in [1.82, 2.24) is 15.1 Å². The van der Waals surface area contributed by atoms with Crippen LogP contribution in [0, 0.1) is 0 Å². The molecular weight excluding hydrogens is 258 g/mol. The molecule has 4 amide bonds. The van der Waals surface area contributed by atoms with Gasteiger partial charge >= 0.3 is 12.0 Å². The van der Waals surface area contributed by atoms with E-state index in [0.29, 0.717) is 0 Å². The zero-order chi connectivity index (χ0) is 14.6. The number of rotatable bonds is 6. The van der Waals surface area contributed by atoms with Gasteiger partial charge < -0.3 is 20.4 Å². The largest absolute Gasteiger partial charge is 0.480 e. The van der Waals surface area contributed by atoms with E-state index < -0.39 is 43.0 Å². The van der Waals surface area contributed by atoms with Crippen LogP contribution < -0.4 is 5.32 Å². The first-order chi connectivity index (χ1) is 8.86. The van der Waals surface area contributed by atoms with Crippen LogP contribution in [0.25, 0.3) is 0 Å². The van der Waals surface area contributed by atoms with Crippen LogP contribution in [-0.4, -0.2) is 76.6 Å². The molecule has 0 saturated carbocycles. The van der Waals surface area contributed by atoms with Crippen LogP contribution in [0.1, 0.15) is 6.42 Å². The molecule has 1 heterocycles. The van der Waals surface area contributed by atoms with E-state index in [2.05, 4.69) is 5.32 Å². The minimum absolute atomic E-state index is 0.106. The molecule has 106 valence electrons. The second-order valence-corrected chi connectivity index (χ2v) is 4.09. The summed E-state index contributed by atoms with van der Waals surface area (Å²) in [5, 5.41) is 19.6. The zero-order valence-corrected chi connectivity index (χ0v) is 10.3. The van der Waals surface area contributed by atoms with E-state index in [9.17, 15) is 19.2 Å². The molecule has 0 bridgehead atoms. The van der Waals surface area contributed by atoms with Crippen LogP contribution in [0.15, 0.2) is 0 Å². The maximum atomic E-state index is 11.6. The summed E-state index contributed by atoms with van der Waals surface area (Å²) in [6.07, 6.45) is -0.150. The predicted molar refractivity (Wildman–Crippen MR) is 61.0 cm³/mol. The van der Waals surface area contributed by atoms with E-state index in [-0.39, 0.29) is 13.0 Å². The first kappa shape index (κ1) is 14.9. The first-order valence-electron chi connectivity index (χ1n) is 5.55. The fraction of sp³-hybridized carbons (Fsp3) is 0.600. The highest BCUT2D eigenvalue weighted by atomic mass is 16.4. The minimum atomic E-state index is -1.29. The standard InChI is InChI=1S/C10H15N3O6/c1-12-5-8(16)13(10(12)19)4-7(15)11-6(2-3-14)9(17)18/h6,14H,2-5H2,1H3,(H,11,15)(H,17,18)/t6-/m1/s1. The summed E-state index contributed by atoms with van der Waals surface area (Å²) in [5.74, 6) is -2.58. The maximum absolute atomic E-state index is 11.6. The fourth-order valence-corrected chi connectivity index (χ4v) is 1.59. The molecule has 0 aromatic heterocycles. The average Bonchev–Trinajstić information content (AvgIpc) is 2.55. The molecule has 1 aliphatic heterocycles. The highest BCUT2D eigenvalue weighted by Gasteiger charge is 2.35. The second kappa shape index (κ2) is 6.14. The van der Waals surface area contributed by atoms with Gasteiger partial charge in [0, 0.05) is 20.1 Å². The Morgan fingerprint density at radius 3 is 2.47 bits per heavy atom. The summed E-state index contributed by atoms with van der Waals surface area (Å²) in [6.45, 7) is -1.04. The van der Waals surface area contributed by atoms with Gasteiger partial charge in [-0.2, -0.15) is 0 Å². The van der Waals surface area contributed by atoms with Crippen LogP contribution in [0.3, 0.4) is 0 Å². The van der Waals surface area contributed by atoms with Gasteiger partial charge in [-0.25, -0.2) is 9.59 Å². The molecule has 0 spiro atoms. The van der Waals surface area contributed by atoms with E-state index >= 15 is 0 Å². The molecule has 0 aromatic carbocycles. The van der Waals surface area contributed by atoms with Crippen LogP contribution in [0.2, 0.25) is 0 Å².